The molecule has 0 aliphatic rings. The summed E-state index contributed by atoms with van der Waals surface area (Å²) in [5, 5.41) is 31.6. The predicted octanol–water partition coefficient (Wildman–Crippen LogP) is 3.33. The molecule has 0 radical (unpaired) electrons. The van der Waals surface area contributed by atoms with E-state index in [2.05, 4.69) is 16.6 Å². The number of carbonyl (C=O) groups excluding carboxylic acids is 1. The minimum absolute atomic E-state index is 0.101. The fourth-order valence-corrected chi connectivity index (χ4v) is 2.68. The van der Waals surface area contributed by atoms with E-state index in [1.54, 1.807) is 30.3 Å². The van der Waals surface area contributed by atoms with Gasteiger partial charge in [-0.3, -0.25) is 10.2 Å². The predicted molar refractivity (Wildman–Crippen MR) is 107 cm³/mol. The number of nitrogens with one attached hydrogen (secondary N) is 1. The molecular formula is C21H19N5O3. The summed E-state index contributed by atoms with van der Waals surface area (Å²) in [7, 11) is 0. The molecular weight excluding hydrogens is 370 g/mol. The average molecular weight is 389 g/mol. The minimum atomic E-state index is -1.46. The normalized spacial score (nSPS) is 12.8. The van der Waals surface area contributed by atoms with E-state index >= 15 is 0 Å². The molecule has 29 heavy (non-hydrogen) atoms. The number of hydrogen-bond donors (Lipinski definition) is 2. The molecule has 0 fully saturated rings. The van der Waals surface area contributed by atoms with Crippen LogP contribution in [-0.2, 0) is 10.2 Å². The van der Waals surface area contributed by atoms with Crippen LogP contribution in [0.3, 0.4) is 0 Å². The van der Waals surface area contributed by atoms with Gasteiger partial charge in [-0.15, -0.1) is 0 Å². The van der Waals surface area contributed by atoms with Crippen LogP contribution in [0, 0.1) is 22.7 Å². The van der Waals surface area contributed by atoms with Gasteiger partial charge in [0.15, 0.2) is 0 Å². The van der Waals surface area contributed by atoms with Gasteiger partial charge in [-0.1, -0.05) is 42.5 Å². The molecule has 2 N–H and O–H groups in total. The molecule has 0 bridgehead atoms. The van der Waals surface area contributed by atoms with Crippen molar-refractivity contribution in [2.45, 2.75) is 19.3 Å². The first-order valence-electron chi connectivity index (χ1n) is 8.73. The third kappa shape index (κ3) is 4.57. The summed E-state index contributed by atoms with van der Waals surface area (Å²) in [6.45, 7) is 3.20. The van der Waals surface area contributed by atoms with Gasteiger partial charge in [-0.25, -0.2) is 9.69 Å². The second kappa shape index (κ2) is 9.16. The topological polar surface area (TPSA) is 130 Å². The van der Waals surface area contributed by atoms with E-state index < -0.39 is 23.1 Å². The van der Waals surface area contributed by atoms with Crippen LogP contribution in [0.15, 0.2) is 59.7 Å². The Balaban J connectivity index is 2.23. The molecule has 0 aromatic heterocycles. The molecule has 8 heteroatoms. The Morgan fingerprint density at radius 3 is 2.17 bits per heavy atom. The van der Waals surface area contributed by atoms with Gasteiger partial charge in [0.2, 0.25) is 5.71 Å². The zero-order valence-corrected chi connectivity index (χ0v) is 16.0. The summed E-state index contributed by atoms with van der Waals surface area (Å²) in [5.74, 6) is -1.01. The molecule has 0 saturated heterocycles. The largest absolute Gasteiger partial charge is 0.465 e. The first-order valence-corrected chi connectivity index (χ1v) is 8.73. The highest BCUT2D eigenvalue weighted by Gasteiger charge is 2.28. The Morgan fingerprint density at radius 2 is 1.69 bits per heavy atom. The first kappa shape index (κ1) is 21.1. The second-order valence-corrected chi connectivity index (χ2v) is 6.20. The van der Waals surface area contributed by atoms with Crippen LogP contribution in [0.25, 0.3) is 0 Å². The SMILES string of the molecule is CCN(C(=O)O)C(=O)/C(C#N)=N\Nc1ccc(C(C)(C#N)c2ccccc2)cc1. The van der Waals surface area contributed by atoms with E-state index in [1.165, 1.54) is 6.92 Å². The highest BCUT2D eigenvalue weighted by atomic mass is 16.4. The van der Waals surface area contributed by atoms with Crippen LogP contribution < -0.4 is 5.43 Å². The van der Waals surface area contributed by atoms with Crippen molar-refractivity contribution in [3.63, 3.8) is 0 Å². The maximum Gasteiger partial charge on any atom is 0.414 e. The first-order chi connectivity index (χ1) is 13.9. The van der Waals surface area contributed by atoms with Crippen molar-refractivity contribution in [1.29, 1.82) is 10.5 Å². The van der Waals surface area contributed by atoms with Crippen LogP contribution in [0.5, 0.6) is 0 Å². The van der Waals surface area contributed by atoms with E-state index in [0.29, 0.717) is 10.6 Å². The Hall–Kier alpha value is -4.17. The molecule has 0 aliphatic heterocycles. The molecule has 1 unspecified atom stereocenters. The highest BCUT2D eigenvalue weighted by molar-refractivity contribution is 6.46. The smallest absolute Gasteiger partial charge is 0.414 e. The van der Waals surface area contributed by atoms with Gasteiger partial charge in [0.1, 0.15) is 11.5 Å². The van der Waals surface area contributed by atoms with Crippen molar-refractivity contribution in [1.82, 2.24) is 4.90 Å². The van der Waals surface area contributed by atoms with Gasteiger partial charge < -0.3 is 5.11 Å². The standard InChI is InChI=1S/C21H19N5O3/c1-3-26(20(28)29)19(27)18(13-22)25-24-17-11-9-16(10-12-17)21(2,14-23)15-7-5-4-6-8-15/h4-12,24H,3H2,1-2H3,(H,28,29)/b25-18-. The van der Waals surface area contributed by atoms with Crippen LogP contribution in [-0.4, -0.2) is 34.3 Å². The van der Waals surface area contributed by atoms with E-state index in [9.17, 15) is 14.9 Å². The third-order valence-electron chi connectivity index (χ3n) is 4.43. The van der Waals surface area contributed by atoms with Crippen molar-refractivity contribution < 1.29 is 14.7 Å². The van der Waals surface area contributed by atoms with Gasteiger partial charge in [-0.2, -0.15) is 15.6 Å². The number of amides is 2. The summed E-state index contributed by atoms with van der Waals surface area (Å²) in [6, 6.07) is 20.1. The molecule has 0 aliphatic carbocycles. The second-order valence-electron chi connectivity index (χ2n) is 6.20. The zero-order chi connectivity index (χ0) is 21.4. The van der Waals surface area contributed by atoms with Crippen LogP contribution in [0.4, 0.5) is 10.5 Å². The lowest BCUT2D eigenvalue weighted by Gasteiger charge is -2.23. The summed E-state index contributed by atoms with van der Waals surface area (Å²) in [6.07, 6.45) is -1.46. The van der Waals surface area contributed by atoms with Crippen molar-refractivity contribution in [3.05, 3.63) is 65.7 Å². The lowest BCUT2D eigenvalue weighted by molar-refractivity contribution is -0.121. The zero-order valence-electron chi connectivity index (χ0n) is 16.0. The number of carbonyl (C=O) groups is 2. The molecule has 2 aromatic rings. The minimum Gasteiger partial charge on any atom is -0.465 e. The number of imide groups is 1. The van der Waals surface area contributed by atoms with E-state index in [4.69, 9.17) is 10.4 Å². The van der Waals surface area contributed by atoms with E-state index in [0.717, 1.165) is 11.1 Å². The molecule has 2 amide bonds. The molecule has 0 saturated carbocycles. The van der Waals surface area contributed by atoms with E-state index in [-0.39, 0.29) is 6.54 Å². The fourth-order valence-electron chi connectivity index (χ4n) is 2.68. The molecule has 146 valence electrons. The van der Waals surface area contributed by atoms with Gasteiger partial charge in [0.25, 0.3) is 5.91 Å². The number of anilines is 1. The molecule has 8 nitrogen and oxygen atoms in total. The Bertz CT molecular complexity index is 1000. The van der Waals surface area contributed by atoms with Crippen LogP contribution >= 0.6 is 0 Å². The fraction of sp³-hybridized carbons (Fsp3) is 0.190. The number of nitrogens with zero attached hydrogens (tertiary/aromatic N) is 4. The number of benzene rings is 2. The average Bonchev–Trinajstić information content (AvgIpc) is 2.75. The van der Waals surface area contributed by atoms with Gasteiger partial charge >= 0.3 is 6.09 Å². The lowest BCUT2D eigenvalue weighted by Crippen LogP contribution is -2.40. The molecule has 0 spiro atoms. The molecule has 0 heterocycles. The number of hydrogen-bond acceptors (Lipinski definition) is 6. The third-order valence-corrected chi connectivity index (χ3v) is 4.43. The number of hydrazone groups is 1. The van der Waals surface area contributed by atoms with Gasteiger partial charge in [0, 0.05) is 6.54 Å². The summed E-state index contributed by atoms with van der Waals surface area (Å²) >= 11 is 0. The van der Waals surface area contributed by atoms with Gasteiger partial charge in [-0.05, 0) is 37.1 Å². The summed E-state index contributed by atoms with van der Waals surface area (Å²) < 4.78 is 0. The number of nitriles is 2. The van der Waals surface area contributed by atoms with E-state index in [1.807, 2.05) is 37.3 Å². The lowest BCUT2D eigenvalue weighted by atomic mass is 9.77. The highest BCUT2D eigenvalue weighted by Crippen LogP contribution is 2.31. The van der Waals surface area contributed by atoms with Crippen molar-refractivity contribution >= 4 is 23.4 Å². The quantitative estimate of drug-likeness (QED) is 0.576. The summed E-state index contributed by atoms with van der Waals surface area (Å²) in [5.41, 5.74) is 3.24. The van der Waals surface area contributed by atoms with Crippen molar-refractivity contribution in [3.8, 4) is 12.1 Å². The molecule has 1 atom stereocenters. The van der Waals surface area contributed by atoms with Crippen LogP contribution in [0.2, 0.25) is 0 Å². The molecule has 2 rings (SSSR count). The number of rotatable bonds is 6. The maximum atomic E-state index is 12.1. The summed E-state index contributed by atoms with van der Waals surface area (Å²) in [4.78, 5) is 23.6. The monoisotopic (exact) mass is 389 g/mol. The van der Waals surface area contributed by atoms with Crippen molar-refractivity contribution in [2.24, 2.45) is 5.10 Å². The maximum absolute atomic E-state index is 12.1. The van der Waals surface area contributed by atoms with Gasteiger partial charge in [0.05, 0.1) is 11.8 Å². The Morgan fingerprint density at radius 1 is 1.10 bits per heavy atom. The Labute approximate surface area is 168 Å². The van der Waals surface area contributed by atoms with Crippen molar-refractivity contribution in [2.75, 3.05) is 12.0 Å². The van der Waals surface area contributed by atoms with Crippen LogP contribution in [0.1, 0.15) is 25.0 Å². The Kier molecular flexibility index (Phi) is 6.67. The molecule has 2 aromatic carbocycles. The number of carboxylic acid groups (broad SMARTS) is 1.